The first kappa shape index (κ1) is 23.5. The summed E-state index contributed by atoms with van der Waals surface area (Å²) in [5, 5.41) is 17.0. The van der Waals surface area contributed by atoms with Crippen LogP contribution in [0.15, 0.2) is 31.0 Å². The highest BCUT2D eigenvalue weighted by Crippen LogP contribution is 2.31. The smallest absolute Gasteiger partial charge is 0.399 e. The van der Waals surface area contributed by atoms with Gasteiger partial charge in [-0.2, -0.15) is 28.5 Å². The number of H-pyrrole nitrogens is 1. The van der Waals surface area contributed by atoms with Crippen LogP contribution in [0.1, 0.15) is 18.2 Å². The van der Waals surface area contributed by atoms with Crippen molar-refractivity contribution in [2.45, 2.75) is 33.1 Å². The van der Waals surface area contributed by atoms with Gasteiger partial charge in [-0.15, -0.1) is 0 Å². The number of nitrogens with two attached hydrogens (primary N) is 1. The Balaban J connectivity index is 1.71. The number of halogens is 3. The van der Waals surface area contributed by atoms with Crippen LogP contribution in [-0.4, -0.2) is 66.0 Å². The van der Waals surface area contributed by atoms with Crippen LogP contribution in [0.25, 0.3) is 39.5 Å². The van der Waals surface area contributed by atoms with Gasteiger partial charge < -0.3 is 5.73 Å². The third kappa shape index (κ3) is 4.81. The minimum atomic E-state index is -4.26. The molecule has 0 saturated heterocycles. The van der Waals surface area contributed by atoms with Gasteiger partial charge in [0.05, 0.1) is 30.5 Å². The average Bonchev–Trinajstić information content (AvgIpc) is 3.48. The maximum atomic E-state index is 12.7. The first-order chi connectivity index (χ1) is 16.1. The van der Waals surface area contributed by atoms with Crippen LogP contribution in [0.4, 0.5) is 13.2 Å². The van der Waals surface area contributed by atoms with E-state index in [0.29, 0.717) is 40.5 Å². The van der Waals surface area contributed by atoms with Crippen molar-refractivity contribution in [3.8, 4) is 22.9 Å². The Morgan fingerprint density at radius 1 is 1.24 bits per heavy atom. The van der Waals surface area contributed by atoms with Gasteiger partial charge in [-0.1, -0.05) is 6.58 Å². The zero-order valence-electron chi connectivity index (χ0n) is 19.2. The number of hydrogen-bond acceptors (Lipinski definition) is 6. The fourth-order valence-corrected chi connectivity index (χ4v) is 3.85. The first-order valence-electron chi connectivity index (χ1n) is 10.7. The van der Waals surface area contributed by atoms with E-state index >= 15 is 0 Å². The molecule has 180 valence electrons. The van der Waals surface area contributed by atoms with E-state index in [1.807, 2.05) is 36.7 Å². The Bertz CT molecular complexity index is 1330. The minimum absolute atomic E-state index is 0.171. The van der Waals surface area contributed by atoms with Crippen molar-refractivity contribution < 1.29 is 13.2 Å². The van der Waals surface area contributed by atoms with Gasteiger partial charge in [-0.25, -0.2) is 4.98 Å². The van der Waals surface area contributed by atoms with Gasteiger partial charge in [0, 0.05) is 29.7 Å². The van der Waals surface area contributed by atoms with Crippen molar-refractivity contribution in [2.24, 2.45) is 5.73 Å². The number of aromatic amines is 1. The molecule has 0 radical (unpaired) electrons. The van der Waals surface area contributed by atoms with Crippen LogP contribution in [0.2, 0.25) is 0 Å². The number of aromatic nitrogens is 7. The van der Waals surface area contributed by atoms with E-state index in [2.05, 4.69) is 32.0 Å². The van der Waals surface area contributed by atoms with Crippen molar-refractivity contribution in [1.82, 2.24) is 39.6 Å². The lowest BCUT2D eigenvalue weighted by Crippen LogP contribution is -2.33. The van der Waals surface area contributed by atoms with Gasteiger partial charge in [-0.05, 0) is 44.7 Å². The maximum absolute atomic E-state index is 12.7. The highest BCUT2D eigenvalue weighted by Gasteiger charge is 2.29. The van der Waals surface area contributed by atoms with E-state index in [9.17, 15) is 13.2 Å². The molecule has 0 fully saturated rings. The van der Waals surface area contributed by atoms with E-state index in [0.717, 1.165) is 16.8 Å². The molecule has 0 bridgehead atoms. The zero-order valence-corrected chi connectivity index (χ0v) is 19.2. The maximum Gasteiger partial charge on any atom is 0.401 e. The Morgan fingerprint density at radius 2 is 2.00 bits per heavy atom. The molecule has 0 spiro atoms. The Morgan fingerprint density at radius 3 is 2.68 bits per heavy atom. The molecule has 4 rings (SSSR count). The predicted octanol–water partition coefficient (Wildman–Crippen LogP) is 3.44. The van der Waals surface area contributed by atoms with Gasteiger partial charge in [0.2, 0.25) is 0 Å². The number of nitrogens with one attached hydrogen (secondary N) is 1. The molecule has 0 unspecified atom stereocenters. The van der Waals surface area contributed by atoms with Crippen molar-refractivity contribution in [3.05, 3.63) is 42.2 Å². The number of aryl methyl sites for hydroxylation is 2. The molecule has 0 aliphatic heterocycles. The molecular weight excluding hydrogens is 447 g/mol. The van der Waals surface area contributed by atoms with Crippen molar-refractivity contribution >= 4 is 16.6 Å². The Kier molecular flexibility index (Phi) is 6.17. The summed E-state index contributed by atoms with van der Waals surface area (Å²) in [7, 11) is 1.43. The SMILES string of the molecule is C=C(N)c1cc(-c2n[nH]c(-c3cc(C)nn3CC)n2)c2cnn(CCN(C)CC(F)(F)F)c2c1. The van der Waals surface area contributed by atoms with Crippen LogP contribution >= 0.6 is 0 Å². The second kappa shape index (κ2) is 8.93. The van der Waals surface area contributed by atoms with Gasteiger partial charge in [0.1, 0.15) is 5.69 Å². The predicted molar refractivity (Wildman–Crippen MR) is 124 cm³/mol. The summed E-state index contributed by atoms with van der Waals surface area (Å²) in [5.74, 6) is 1.02. The summed E-state index contributed by atoms with van der Waals surface area (Å²) in [6, 6.07) is 5.58. The number of nitrogens with zero attached hydrogens (tertiary/aromatic N) is 7. The summed E-state index contributed by atoms with van der Waals surface area (Å²) < 4.78 is 41.5. The zero-order chi connectivity index (χ0) is 24.6. The molecule has 12 heteroatoms. The van der Waals surface area contributed by atoms with Crippen LogP contribution in [0.3, 0.4) is 0 Å². The highest BCUT2D eigenvalue weighted by atomic mass is 19.4. The second-order valence-corrected chi connectivity index (χ2v) is 8.20. The summed E-state index contributed by atoms with van der Waals surface area (Å²) in [4.78, 5) is 5.89. The fourth-order valence-electron chi connectivity index (χ4n) is 3.85. The number of benzene rings is 1. The van der Waals surface area contributed by atoms with Gasteiger partial charge in [0.15, 0.2) is 11.6 Å². The van der Waals surface area contributed by atoms with E-state index in [-0.39, 0.29) is 13.1 Å². The monoisotopic (exact) mass is 473 g/mol. The number of likely N-dealkylation sites (N-methyl/N-ethyl adjacent to an activating group) is 1. The Labute approximate surface area is 194 Å². The van der Waals surface area contributed by atoms with Gasteiger partial charge in [-0.3, -0.25) is 19.4 Å². The van der Waals surface area contributed by atoms with E-state index in [4.69, 9.17) is 5.73 Å². The summed E-state index contributed by atoms with van der Waals surface area (Å²) in [5.41, 5.74) is 10.1. The molecule has 9 nitrogen and oxygen atoms in total. The van der Waals surface area contributed by atoms with Crippen LogP contribution < -0.4 is 5.73 Å². The quantitative estimate of drug-likeness (QED) is 0.406. The van der Waals surface area contributed by atoms with Gasteiger partial charge >= 0.3 is 6.18 Å². The normalized spacial score (nSPS) is 12.2. The summed E-state index contributed by atoms with van der Waals surface area (Å²) in [6.45, 7) is 7.86. The van der Waals surface area contributed by atoms with E-state index < -0.39 is 12.7 Å². The minimum Gasteiger partial charge on any atom is -0.399 e. The van der Waals surface area contributed by atoms with Crippen LogP contribution in [-0.2, 0) is 13.1 Å². The standard InChI is InChI=1S/C22H26F3N9/c1-5-33-19(8-13(2)31-33)21-28-20(29-30-21)16-9-15(14(3)26)10-18-17(16)11-27-34(18)7-6-32(4)12-22(23,24)25/h8-11H,3,5-7,12,26H2,1-2,4H3,(H,28,29,30). The van der Waals surface area contributed by atoms with E-state index in [1.165, 1.54) is 11.9 Å². The molecule has 0 saturated carbocycles. The van der Waals surface area contributed by atoms with Crippen molar-refractivity contribution in [2.75, 3.05) is 20.1 Å². The summed E-state index contributed by atoms with van der Waals surface area (Å²) in [6.07, 6.45) is -2.60. The molecule has 0 aliphatic carbocycles. The van der Waals surface area contributed by atoms with Crippen LogP contribution in [0, 0.1) is 6.92 Å². The molecular formula is C22H26F3N9. The first-order valence-corrected chi connectivity index (χ1v) is 10.7. The van der Waals surface area contributed by atoms with Crippen molar-refractivity contribution in [3.63, 3.8) is 0 Å². The van der Waals surface area contributed by atoms with Crippen molar-refractivity contribution in [1.29, 1.82) is 0 Å². The average molecular weight is 474 g/mol. The third-order valence-electron chi connectivity index (χ3n) is 5.45. The number of fused-ring (bicyclic) bond motifs is 1. The molecule has 3 N–H and O–H groups in total. The lowest BCUT2D eigenvalue weighted by molar-refractivity contribution is -0.143. The highest BCUT2D eigenvalue weighted by molar-refractivity contribution is 5.95. The number of alkyl halides is 3. The molecule has 3 heterocycles. The third-order valence-corrected chi connectivity index (χ3v) is 5.45. The Hall–Kier alpha value is -3.67. The van der Waals surface area contributed by atoms with Crippen LogP contribution in [0.5, 0.6) is 0 Å². The van der Waals surface area contributed by atoms with E-state index in [1.54, 1.807) is 10.9 Å². The molecule has 1 aromatic carbocycles. The fraction of sp³-hybridized carbons (Fsp3) is 0.364. The molecule has 4 aromatic rings. The molecule has 0 amide bonds. The lowest BCUT2D eigenvalue weighted by atomic mass is 10.0. The topological polar surface area (TPSA) is 106 Å². The number of rotatable bonds is 8. The summed E-state index contributed by atoms with van der Waals surface area (Å²) >= 11 is 0. The lowest BCUT2D eigenvalue weighted by Gasteiger charge is -2.18. The van der Waals surface area contributed by atoms with Gasteiger partial charge in [0.25, 0.3) is 0 Å². The molecule has 3 aromatic heterocycles. The molecule has 34 heavy (non-hydrogen) atoms. The molecule has 0 aliphatic rings. The largest absolute Gasteiger partial charge is 0.401 e. The number of hydrogen-bond donors (Lipinski definition) is 2. The molecule has 0 atom stereocenters. The second-order valence-electron chi connectivity index (χ2n) is 8.20.